The normalized spacial score (nSPS) is 16.1. The molecular formula is C24H39N3O2. The number of amides is 2. The Balaban J connectivity index is 2.28. The van der Waals surface area contributed by atoms with Gasteiger partial charge in [0.15, 0.2) is 0 Å². The number of anilines is 1. The third-order valence-corrected chi connectivity index (χ3v) is 5.45. The van der Waals surface area contributed by atoms with Gasteiger partial charge in [-0.3, -0.25) is 9.59 Å². The number of nitrogens with zero attached hydrogens (tertiary/aromatic N) is 1. The Bertz CT molecular complexity index is 670. The smallest absolute Gasteiger partial charge is 0.251 e. The predicted octanol–water partition coefficient (Wildman–Crippen LogP) is 4.51. The van der Waals surface area contributed by atoms with Crippen LogP contribution in [0.2, 0.25) is 0 Å². The fourth-order valence-corrected chi connectivity index (χ4v) is 3.64. The van der Waals surface area contributed by atoms with Crippen LogP contribution in [-0.4, -0.2) is 31.4 Å². The van der Waals surface area contributed by atoms with Crippen molar-refractivity contribution in [2.75, 3.05) is 24.5 Å². The minimum Gasteiger partial charge on any atom is -0.352 e. The summed E-state index contributed by atoms with van der Waals surface area (Å²) in [6.07, 6.45) is 6.73. The summed E-state index contributed by atoms with van der Waals surface area (Å²) in [5.74, 6) is 0.619. The summed E-state index contributed by atoms with van der Waals surface area (Å²) in [6.45, 7) is 11.3. The second kappa shape index (κ2) is 12.0. The first kappa shape index (κ1) is 23.4. The molecule has 2 rings (SSSR count). The first-order chi connectivity index (χ1) is 13.9. The maximum Gasteiger partial charge on any atom is 0.251 e. The molecule has 2 N–H and O–H groups in total. The first-order valence-electron chi connectivity index (χ1n) is 11.3. The molecule has 1 aliphatic rings. The van der Waals surface area contributed by atoms with E-state index in [4.69, 9.17) is 0 Å². The molecule has 0 spiro atoms. The highest BCUT2D eigenvalue weighted by molar-refractivity contribution is 5.98. The maximum atomic E-state index is 12.9. The quantitative estimate of drug-likeness (QED) is 0.763. The fraction of sp³-hybridized carbons (Fsp3) is 0.667. The Kier molecular flexibility index (Phi) is 9.65. The van der Waals surface area contributed by atoms with E-state index in [1.165, 1.54) is 19.3 Å². The average Bonchev–Trinajstić information content (AvgIpc) is 2.67. The summed E-state index contributed by atoms with van der Waals surface area (Å²) in [4.78, 5) is 27.5. The fourth-order valence-electron chi connectivity index (χ4n) is 3.64. The lowest BCUT2D eigenvalue weighted by Crippen LogP contribution is -2.36. The van der Waals surface area contributed by atoms with Crippen LogP contribution in [0.15, 0.2) is 18.2 Å². The summed E-state index contributed by atoms with van der Waals surface area (Å²) in [7, 11) is 0. The molecule has 0 saturated heterocycles. The minimum atomic E-state index is -0.0530. The molecule has 0 saturated carbocycles. The van der Waals surface area contributed by atoms with Crippen LogP contribution in [0, 0.1) is 11.8 Å². The number of benzene rings is 1. The molecule has 0 fully saturated rings. The van der Waals surface area contributed by atoms with Crippen LogP contribution < -0.4 is 15.5 Å². The zero-order chi connectivity index (χ0) is 21.2. The third-order valence-electron chi connectivity index (χ3n) is 5.45. The SMILES string of the molecule is CC(C)CCNC(=O)c1ccc2c(c1)CNCCCCCCCN2C(=O)C(C)C. The van der Waals surface area contributed by atoms with Gasteiger partial charge in [0, 0.05) is 36.8 Å². The standard InChI is InChI=1S/C24H39N3O2/c1-18(2)12-14-26-23(28)20-10-11-22-21(16-20)17-25-13-8-6-5-7-9-15-27(22)24(29)19(3)4/h10-11,16,18-19,25H,5-9,12-15,17H2,1-4H3,(H,26,28). The van der Waals surface area contributed by atoms with Crippen LogP contribution >= 0.6 is 0 Å². The number of hydrogen-bond acceptors (Lipinski definition) is 3. The third kappa shape index (κ3) is 7.46. The lowest BCUT2D eigenvalue weighted by Gasteiger charge is -2.28. The van der Waals surface area contributed by atoms with E-state index in [9.17, 15) is 9.59 Å². The zero-order valence-corrected chi connectivity index (χ0v) is 18.7. The van der Waals surface area contributed by atoms with Gasteiger partial charge in [-0.15, -0.1) is 0 Å². The zero-order valence-electron chi connectivity index (χ0n) is 18.7. The molecular weight excluding hydrogens is 362 g/mol. The largest absolute Gasteiger partial charge is 0.352 e. The highest BCUT2D eigenvalue weighted by Gasteiger charge is 2.22. The maximum absolute atomic E-state index is 12.9. The molecule has 1 aromatic carbocycles. The minimum absolute atomic E-state index is 0.0405. The molecule has 5 heteroatoms. The molecule has 1 heterocycles. The van der Waals surface area contributed by atoms with Crippen LogP contribution in [0.1, 0.15) is 82.1 Å². The van der Waals surface area contributed by atoms with Crippen LogP contribution in [-0.2, 0) is 11.3 Å². The Labute approximate surface area is 176 Å². The second-order valence-electron chi connectivity index (χ2n) is 8.87. The Hall–Kier alpha value is -1.88. The van der Waals surface area contributed by atoms with E-state index < -0.39 is 0 Å². The molecule has 162 valence electrons. The van der Waals surface area contributed by atoms with Crippen molar-refractivity contribution in [2.45, 2.75) is 72.8 Å². The highest BCUT2D eigenvalue weighted by atomic mass is 16.2. The molecule has 0 radical (unpaired) electrons. The van der Waals surface area contributed by atoms with Gasteiger partial charge in [0.25, 0.3) is 5.91 Å². The molecule has 2 amide bonds. The van der Waals surface area contributed by atoms with Gasteiger partial charge in [-0.2, -0.15) is 0 Å². The lowest BCUT2D eigenvalue weighted by molar-refractivity contribution is -0.121. The molecule has 0 bridgehead atoms. The summed E-state index contributed by atoms with van der Waals surface area (Å²) in [5, 5.41) is 6.52. The van der Waals surface area contributed by atoms with Crippen molar-refractivity contribution in [3.8, 4) is 0 Å². The molecule has 0 atom stereocenters. The summed E-state index contributed by atoms with van der Waals surface area (Å²) < 4.78 is 0. The molecule has 0 unspecified atom stereocenters. The summed E-state index contributed by atoms with van der Waals surface area (Å²) in [5.41, 5.74) is 2.63. The van der Waals surface area contributed by atoms with Gasteiger partial charge in [-0.05, 0) is 55.5 Å². The van der Waals surface area contributed by atoms with Crippen LogP contribution in [0.25, 0.3) is 0 Å². The van der Waals surface area contributed by atoms with E-state index >= 15 is 0 Å². The predicted molar refractivity (Wildman–Crippen MR) is 120 cm³/mol. The molecule has 29 heavy (non-hydrogen) atoms. The van der Waals surface area contributed by atoms with Crippen molar-refractivity contribution in [1.29, 1.82) is 0 Å². The van der Waals surface area contributed by atoms with E-state index in [-0.39, 0.29) is 17.7 Å². The summed E-state index contributed by atoms with van der Waals surface area (Å²) >= 11 is 0. The lowest BCUT2D eigenvalue weighted by atomic mass is 10.0. The Morgan fingerprint density at radius 2 is 1.79 bits per heavy atom. The van der Waals surface area contributed by atoms with Crippen molar-refractivity contribution < 1.29 is 9.59 Å². The van der Waals surface area contributed by atoms with E-state index in [2.05, 4.69) is 24.5 Å². The van der Waals surface area contributed by atoms with Crippen LogP contribution in [0.5, 0.6) is 0 Å². The molecule has 1 aromatic rings. The Morgan fingerprint density at radius 3 is 2.52 bits per heavy atom. The van der Waals surface area contributed by atoms with Gasteiger partial charge < -0.3 is 15.5 Å². The van der Waals surface area contributed by atoms with Crippen molar-refractivity contribution in [3.05, 3.63) is 29.3 Å². The number of rotatable bonds is 5. The van der Waals surface area contributed by atoms with Gasteiger partial charge >= 0.3 is 0 Å². The van der Waals surface area contributed by atoms with E-state index in [0.717, 1.165) is 43.6 Å². The number of fused-ring (bicyclic) bond motifs is 1. The van der Waals surface area contributed by atoms with Gasteiger partial charge in [-0.1, -0.05) is 47.0 Å². The van der Waals surface area contributed by atoms with Crippen molar-refractivity contribution in [3.63, 3.8) is 0 Å². The average molecular weight is 402 g/mol. The first-order valence-corrected chi connectivity index (χ1v) is 11.3. The number of nitrogens with one attached hydrogen (secondary N) is 2. The van der Waals surface area contributed by atoms with E-state index in [0.29, 0.717) is 24.6 Å². The van der Waals surface area contributed by atoms with Gasteiger partial charge in [0.1, 0.15) is 0 Å². The van der Waals surface area contributed by atoms with Gasteiger partial charge in [0.2, 0.25) is 5.91 Å². The summed E-state index contributed by atoms with van der Waals surface area (Å²) in [6, 6.07) is 5.77. The second-order valence-corrected chi connectivity index (χ2v) is 8.87. The van der Waals surface area contributed by atoms with Crippen molar-refractivity contribution in [2.24, 2.45) is 11.8 Å². The molecule has 1 aliphatic heterocycles. The molecule has 0 aliphatic carbocycles. The van der Waals surface area contributed by atoms with E-state index in [1.807, 2.05) is 36.9 Å². The Morgan fingerprint density at radius 1 is 1.07 bits per heavy atom. The van der Waals surface area contributed by atoms with Gasteiger partial charge in [-0.25, -0.2) is 0 Å². The van der Waals surface area contributed by atoms with Gasteiger partial charge in [0.05, 0.1) is 0 Å². The van der Waals surface area contributed by atoms with E-state index in [1.54, 1.807) is 0 Å². The number of carbonyl (C=O) groups excluding carboxylic acids is 2. The van der Waals surface area contributed by atoms with Crippen molar-refractivity contribution >= 4 is 17.5 Å². The topological polar surface area (TPSA) is 61.4 Å². The van der Waals surface area contributed by atoms with Crippen molar-refractivity contribution in [1.82, 2.24) is 10.6 Å². The highest BCUT2D eigenvalue weighted by Crippen LogP contribution is 2.25. The monoisotopic (exact) mass is 401 g/mol. The number of carbonyl (C=O) groups is 2. The molecule has 0 aromatic heterocycles. The van der Waals surface area contributed by atoms with Crippen LogP contribution in [0.3, 0.4) is 0 Å². The van der Waals surface area contributed by atoms with Crippen LogP contribution in [0.4, 0.5) is 5.69 Å². The number of hydrogen-bond donors (Lipinski definition) is 2. The molecule has 5 nitrogen and oxygen atoms in total.